The number of allylic oxidation sites excluding steroid dienone is 1. The van der Waals surface area contributed by atoms with E-state index in [9.17, 15) is 0 Å². The van der Waals surface area contributed by atoms with E-state index in [0.717, 1.165) is 12.1 Å². The fraction of sp³-hybridized carbons (Fsp3) is 0.429. The smallest absolute Gasteiger partial charge is 0.0602 e. The van der Waals surface area contributed by atoms with Crippen molar-refractivity contribution in [3.8, 4) is 0 Å². The standard InChI is InChI=1S/C14H22N2/c1-5-12(4)10-16(15)14-9-7-6-8-13(14)11(2)3/h6-11H,5,15H2,1-4H3/b12-10-. The van der Waals surface area contributed by atoms with Crippen molar-refractivity contribution in [1.29, 1.82) is 0 Å². The molecule has 0 aliphatic heterocycles. The molecule has 0 fully saturated rings. The van der Waals surface area contributed by atoms with Crippen molar-refractivity contribution in [1.82, 2.24) is 0 Å². The van der Waals surface area contributed by atoms with Gasteiger partial charge < -0.3 is 0 Å². The van der Waals surface area contributed by atoms with E-state index in [-0.39, 0.29) is 0 Å². The first-order valence-electron chi connectivity index (χ1n) is 5.86. The van der Waals surface area contributed by atoms with E-state index >= 15 is 0 Å². The molecular formula is C14H22N2. The van der Waals surface area contributed by atoms with Crippen LogP contribution in [-0.2, 0) is 0 Å². The van der Waals surface area contributed by atoms with Crippen LogP contribution in [0.3, 0.4) is 0 Å². The van der Waals surface area contributed by atoms with Crippen LogP contribution in [-0.4, -0.2) is 0 Å². The molecule has 2 N–H and O–H groups in total. The molecule has 0 saturated heterocycles. The monoisotopic (exact) mass is 218 g/mol. The van der Waals surface area contributed by atoms with Gasteiger partial charge in [-0.05, 0) is 30.9 Å². The molecule has 0 amide bonds. The maximum Gasteiger partial charge on any atom is 0.0602 e. The second-order valence-corrected chi connectivity index (χ2v) is 4.45. The van der Waals surface area contributed by atoms with Crippen LogP contribution < -0.4 is 10.9 Å². The van der Waals surface area contributed by atoms with Crippen LogP contribution >= 0.6 is 0 Å². The highest BCUT2D eigenvalue weighted by molar-refractivity contribution is 5.55. The van der Waals surface area contributed by atoms with Crippen molar-refractivity contribution in [2.24, 2.45) is 5.84 Å². The fourth-order valence-corrected chi connectivity index (χ4v) is 1.61. The molecule has 0 saturated carbocycles. The summed E-state index contributed by atoms with van der Waals surface area (Å²) in [6, 6.07) is 8.28. The third kappa shape index (κ3) is 3.11. The lowest BCUT2D eigenvalue weighted by Crippen LogP contribution is -2.26. The molecule has 1 rings (SSSR count). The number of benzene rings is 1. The zero-order valence-electron chi connectivity index (χ0n) is 10.7. The lowest BCUT2D eigenvalue weighted by atomic mass is 10.0. The number of hydrogen-bond acceptors (Lipinski definition) is 2. The van der Waals surface area contributed by atoms with E-state index in [2.05, 4.69) is 45.9 Å². The summed E-state index contributed by atoms with van der Waals surface area (Å²) in [5.41, 5.74) is 3.65. The number of nitrogens with zero attached hydrogens (tertiary/aromatic N) is 1. The Bertz CT molecular complexity index is 367. The Balaban J connectivity index is 3.03. The zero-order valence-corrected chi connectivity index (χ0v) is 10.7. The van der Waals surface area contributed by atoms with Crippen LogP contribution in [0.25, 0.3) is 0 Å². The minimum Gasteiger partial charge on any atom is -0.287 e. The predicted octanol–water partition coefficient (Wildman–Crippen LogP) is 3.80. The van der Waals surface area contributed by atoms with Crippen molar-refractivity contribution in [3.05, 3.63) is 41.6 Å². The third-order valence-corrected chi connectivity index (χ3v) is 2.75. The highest BCUT2D eigenvalue weighted by atomic mass is 15.4. The average molecular weight is 218 g/mol. The van der Waals surface area contributed by atoms with Crippen LogP contribution in [0.5, 0.6) is 0 Å². The SMILES string of the molecule is CC/C(C)=C\N(N)c1ccccc1C(C)C. The average Bonchev–Trinajstić information content (AvgIpc) is 2.28. The van der Waals surface area contributed by atoms with Crippen molar-refractivity contribution in [2.75, 3.05) is 5.01 Å². The molecule has 0 aliphatic rings. The van der Waals surface area contributed by atoms with Gasteiger partial charge in [0.15, 0.2) is 0 Å². The largest absolute Gasteiger partial charge is 0.287 e. The Hall–Kier alpha value is -1.28. The van der Waals surface area contributed by atoms with E-state index in [1.165, 1.54) is 11.1 Å². The summed E-state index contributed by atoms with van der Waals surface area (Å²) < 4.78 is 0. The van der Waals surface area contributed by atoms with Gasteiger partial charge in [-0.15, -0.1) is 0 Å². The lowest BCUT2D eigenvalue weighted by molar-refractivity contribution is 0.854. The molecule has 1 aromatic rings. The van der Waals surface area contributed by atoms with E-state index in [1.54, 1.807) is 5.01 Å². The van der Waals surface area contributed by atoms with E-state index in [1.807, 2.05) is 12.3 Å². The Kier molecular flexibility index (Phi) is 4.56. The van der Waals surface area contributed by atoms with Gasteiger partial charge in [-0.1, -0.05) is 44.5 Å². The molecule has 0 spiro atoms. The Labute approximate surface area is 98.7 Å². The molecule has 0 bridgehead atoms. The molecule has 0 radical (unpaired) electrons. The number of rotatable bonds is 4. The predicted molar refractivity (Wildman–Crippen MR) is 71.2 cm³/mol. The lowest BCUT2D eigenvalue weighted by Gasteiger charge is -2.20. The summed E-state index contributed by atoms with van der Waals surface area (Å²) >= 11 is 0. The first-order valence-corrected chi connectivity index (χ1v) is 5.86. The van der Waals surface area contributed by atoms with Gasteiger partial charge in [0, 0.05) is 6.20 Å². The minimum absolute atomic E-state index is 0.484. The van der Waals surface area contributed by atoms with Gasteiger partial charge in [-0.2, -0.15) is 0 Å². The van der Waals surface area contributed by atoms with Crippen molar-refractivity contribution < 1.29 is 0 Å². The quantitative estimate of drug-likeness (QED) is 0.615. The van der Waals surface area contributed by atoms with E-state index in [4.69, 9.17) is 5.84 Å². The summed E-state index contributed by atoms with van der Waals surface area (Å²) in [6.45, 7) is 8.60. The third-order valence-electron chi connectivity index (χ3n) is 2.75. The molecule has 2 nitrogen and oxygen atoms in total. The molecule has 0 unspecified atom stereocenters. The van der Waals surface area contributed by atoms with Crippen LogP contribution in [0.2, 0.25) is 0 Å². The number of hydrazine groups is 1. The first kappa shape index (κ1) is 12.8. The molecular weight excluding hydrogens is 196 g/mol. The van der Waals surface area contributed by atoms with Crippen LogP contribution in [0, 0.1) is 0 Å². The summed E-state index contributed by atoms with van der Waals surface area (Å²) in [6.07, 6.45) is 3.03. The zero-order chi connectivity index (χ0) is 12.1. The molecule has 1 aromatic carbocycles. The van der Waals surface area contributed by atoms with Crippen LogP contribution in [0.1, 0.15) is 45.6 Å². The topological polar surface area (TPSA) is 29.3 Å². The normalized spacial score (nSPS) is 12.0. The fourth-order valence-electron chi connectivity index (χ4n) is 1.61. The molecule has 0 aliphatic carbocycles. The highest BCUT2D eigenvalue weighted by Gasteiger charge is 2.08. The molecule has 0 heterocycles. The number of nitrogens with two attached hydrogens (primary N) is 1. The van der Waals surface area contributed by atoms with E-state index in [0.29, 0.717) is 5.92 Å². The molecule has 0 atom stereocenters. The maximum atomic E-state index is 6.07. The summed E-state index contributed by atoms with van der Waals surface area (Å²) in [4.78, 5) is 0. The Morgan fingerprint density at radius 1 is 1.38 bits per heavy atom. The molecule has 16 heavy (non-hydrogen) atoms. The van der Waals surface area contributed by atoms with Gasteiger partial charge in [-0.25, -0.2) is 5.84 Å². The van der Waals surface area contributed by atoms with E-state index < -0.39 is 0 Å². The van der Waals surface area contributed by atoms with Gasteiger partial charge in [0.2, 0.25) is 0 Å². The number of anilines is 1. The van der Waals surface area contributed by atoms with Crippen LogP contribution in [0.4, 0.5) is 5.69 Å². The number of para-hydroxylation sites is 1. The van der Waals surface area contributed by atoms with Crippen molar-refractivity contribution in [2.45, 2.75) is 40.0 Å². The summed E-state index contributed by atoms with van der Waals surface area (Å²) in [5, 5.41) is 1.73. The van der Waals surface area contributed by atoms with Crippen molar-refractivity contribution >= 4 is 5.69 Å². The second-order valence-electron chi connectivity index (χ2n) is 4.45. The van der Waals surface area contributed by atoms with Gasteiger partial charge in [-0.3, -0.25) is 5.01 Å². The first-order chi connectivity index (χ1) is 7.56. The molecule has 88 valence electrons. The Morgan fingerprint density at radius 3 is 2.56 bits per heavy atom. The summed E-state index contributed by atoms with van der Waals surface area (Å²) in [7, 11) is 0. The van der Waals surface area contributed by atoms with Gasteiger partial charge >= 0.3 is 0 Å². The summed E-state index contributed by atoms with van der Waals surface area (Å²) in [5.74, 6) is 6.55. The minimum atomic E-state index is 0.484. The Morgan fingerprint density at radius 2 is 2.00 bits per heavy atom. The second kappa shape index (κ2) is 5.71. The van der Waals surface area contributed by atoms with Gasteiger partial charge in [0.05, 0.1) is 5.69 Å². The van der Waals surface area contributed by atoms with Gasteiger partial charge in [0.25, 0.3) is 0 Å². The highest BCUT2D eigenvalue weighted by Crippen LogP contribution is 2.26. The van der Waals surface area contributed by atoms with Crippen LogP contribution in [0.15, 0.2) is 36.0 Å². The maximum absolute atomic E-state index is 6.07. The molecule has 0 aromatic heterocycles. The molecule has 2 heteroatoms. The number of hydrogen-bond donors (Lipinski definition) is 1. The van der Waals surface area contributed by atoms with Gasteiger partial charge in [0.1, 0.15) is 0 Å². The van der Waals surface area contributed by atoms with Crippen molar-refractivity contribution in [3.63, 3.8) is 0 Å².